The molecule has 0 saturated carbocycles. The summed E-state index contributed by atoms with van der Waals surface area (Å²) in [6.45, 7) is 0. The summed E-state index contributed by atoms with van der Waals surface area (Å²) in [6, 6.07) is 0. The number of phosphoric acid groups is 1. The van der Waals surface area contributed by atoms with Gasteiger partial charge in [-0.15, -0.1) is 0 Å². The normalized spacial score (nSPS) is 22.6. The van der Waals surface area contributed by atoms with Crippen LogP contribution >= 0.6 is 15.4 Å². The Morgan fingerprint density at radius 3 is 1.72 bits per heavy atom. The van der Waals surface area contributed by atoms with Crippen molar-refractivity contribution in [2.45, 2.75) is 24.2 Å². The summed E-state index contributed by atoms with van der Waals surface area (Å²) in [5.41, 5.74) is 0. The molecule has 0 rings (SSSR count). The van der Waals surface area contributed by atoms with Gasteiger partial charge in [-0.1, -0.05) is 0 Å². The van der Waals surface area contributed by atoms with Crippen LogP contribution in [0.5, 0.6) is 0 Å². The molecule has 0 aromatic heterocycles. The Morgan fingerprint density at radius 1 is 0.944 bits per heavy atom. The highest BCUT2D eigenvalue weighted by molar-refractivity contribution is 7.63. The summed E-state index contributed by atoms with van der Waals surface area (Å²) in [6.07, 6.45) is -7.30. The van der Waals surface area contributed by atoms with Crippen molar-refractivity contribution >= 4 is 21.7 Å². The van der Waals surface area contributed by atoms with Gasteiger partial charge in [-0.3, -0.25) is 4.57 Å². The van der Waals surface area contributed by atoms with Crippen LogP contribution in [0, 0.1) is 0 Å². The molecule has 0 aliphatic heterocycles. The summed E-state index contributed by atoms with van der Waals surface area (Å²) in [5, 5.41) is 36.1. The average molecular weight is 310 g/mol. The summed E-state index contributed by atoms with van der Waals surface area (Å²) >= 11 is 0. The lowest BCUT2D eigenvalue weighted by molar-refractivity contribution is -0.130. The van der Waals surface area contributed by atoms with Gasteiger partial charge in [0, 0.05) is 0 Å². The van der Waals surface area contributed by atoms with Gasteiger partial charge >= 0.3 is 15.4 Å². The number of carbonyl (C=O) groups is 1. The van der Waals surface area contributed by atoms with E-state index in [-0.39, 0.29) is 6.29 Å². The first-order chi connectivity index (χ1) is 7.92. The Kier molecular flexibility index (Phi) is 6.24. The molecule has 5 atom stereocenters. The van der Waals surface area contributed by atoms with Crippen molar-refractivity contribution in [2.24, 2.45) is 0 Å². The average Bonchev–Trinajstić information content (AvgIpc) is 2.21. The third kappa shape index (κ3) is 5.21. The monoisotopic (exact) mass is 310 g/mol. The van der Waals surface area contributed by atoms with Crippen LogP contribution in [-0.4, -0.2) is 65.5 Å². The Labute approximate surface area is 100 Å². The summed E-state index contributed by atoms with van der Waals surface area (Å²) in [4.78, 5) is 35.6. The van der Waals surface area contributed by atoms with Gasteiger partial charge in [0.1, 0.15) is 18.3 Å². The van der Waals surface area contributed by atoms with Gasteiger partial charge < -0.3 is 39.9 Å². The van der Waals surface area contributed by atoms with Crippen molar-refractivity contribution in [2.75, 3.05) is 0 Å². The first-order valence-electron chi connectivity index (χ1n) is 4.19. The van der Waals surface area contributed by atoms with Crippen molar-refractivity contribution in [3.8, 4) is 0 Å². The number of aliphatic hydroxyl groups excluding tert-OH is 4. The number of rotatable bonds is 7. The van der Waals surface area contributed by atoms with Crippen molar-refractivity contribution in [3.63, 3.8) is 0 Å². The van der Waals surface area contributed by atoms with E-state index < -0.39 is 39.6 Å². The van der Waals surface area contributed by atoms with Gasteiger partial charge in [0.25, 0.3) is 0 Å². The zero-order valence-electron chi connectivity index (χ0n) is 8.54. The largest absolute Gasteiger partial charge is 0.476 e. The number of aliphatic hydroxyl groups is 4. The van der Waals surface area contributed by atoms with E-state index in [4.69, 9.17) is 35.1 Å². The predicted molar refractivity (Wildman–Crippen MR) is 53.0 cm³/mol. The second kappa shape index (κ2) is 6.31. The first-order valence-corrected chi connectivity index (χ1v) is 7.37. The maximum atomic E-state index is 11.1. The highest BCUT2D eigenvalue weighted by atomic mass is 31.3. The number of hydrogen-bond acceptors (Lipinski definition) is 8. The maximum Gasteiger partial charge on any atom is 0.476 e. The molecule has 2 unspecified atom stereocenters. The van der Waals surface area contributed by atoms with Gasteiger partial charge in [0.15, 0.2) is 12.1 Å². The van der Waals surface area contributed by atoms with E-state index in [1.165, 1.54) is 0 Å². The number of aldehydes is 1. The topological polar surface area (TPSA) is 202 Å². The highest BCUT2D eigenvalue weighted by Gasteiger charge is 2.45. The van der Waals surface area contributed by atoms with Crippen LogP contribution in [0.15, 0.2) is 0 Å². The fourth-order valence-corrected chi connectivity index (χ4v) is 3.02. The molecule has 7 N–H and O–H groups in total. The standard InChI is InChI=1S/C5H12O11P2/c6-1-2(7)3(8)4(9)5(10)17(11,12)16-18(13,14)15/h1-5,7-10H,(H,11,12)(H2,13,14,15)/t2-,3-,4-,5?/m0/s1. The molecule has 108 valence electrons. The molecule has 0 aliphatic carbocycles. The summed E-state index contributed by atoms with van der Waals surface area (Å²) in [5.74, 6) is -2.84. The van der Waals surface area contributed by atoms with Gasteiger partial charge in [-0.25, -0.2) is 8.88 Å². The molecule has 0 fully saturated rings. The van der Waals surface area contributed by atoms with E-state index in [0.717, 1.165) is 0 Å². The highest BCUT2D eigenvalue weighted by Crippen LogP contribution is 2.59. The van der Waals surface area contributed by atoms with Crippen molar-refractivity contribution < 1.29 is 53.3 Å². The predicted octanol–water partition coefficient (Wildman–Crippen LogP) is -3.12. The van der Waals surface area contributed by atoms with Crippen LogP contribution in [0.3, 0.4) is 0 Å². The van der Waals surface area contributed by atoms with Crippen molar-refractivity contribution in [3.05, 3.63) is 0 Å². The van der Waals surface area contributed by atoms with Crippen LogP contribution in [0.4, 0.5) is 0 Å². The molecule has 0 amide bonds. The van der Waals surface area contributed by atoms with Crippen molar-refractivity contribution in [1.29, 1.82) is 0 Å². The zero-order valence-corrected chi connectivity index (χ0v) is 10.3. The molecule has 13 heteroatoms. The van der Waals surface area contributed by atoms with E-state index >= 15 is 0 Å². The van der Waals surface area contributed by atoms with Gasteiger partial charge in [0.2, 0.25) is 0 Å². The minimum atomic E-state index is -5.44. The van der Waals surface area contributed by atoms with Crippen LogP contribution in [-0.2, 0) is 18.2 Å². The lowest BCUT2D eigenvalue weighted by Crippen LogP contribution is -2.45. The molecular formula is C5H12O11P2. The minimum absolute atomic E-state index is 0.229. The number of carbonyl (C=O) groups excluding carboxylic acids is 1. The second-order valence-corrected chi connectivity index (χ2v) is 6.45. The molecular weight excluding hydrogens is 298 g/mol. The van der Waals surface area contributed by atoms with Gasteiger partial charge in [-0.05, 0) is 0 Å². The van der Waals surface area contributed by atoms with E-state index in [9.17, 15) is 13.9 Å². The molecule has 0 heterocycles. The summed E-state index contributed by atoms with van der Waals surface area (Å²) < 4.78 is 24.8. The third-order valence-electron chi connectivity index (χ3n) is 1.70. The lowest BCUT2D eigenvalue weighted by Gasteiger charge is -2.26. The molecule has 18 heavy (non-hydrogen) atoms. The Hall–Kier alpha value is -0.190. The molecule has 0 aliphatic rings. The minimum Gasteiger partial charge on any atom is -0.387 e. The third-order valence-corrected chi connectivity index (χ3v) is 4.46. The molecule has 0 radical (unpaired) electrons. The Morgan fingerprint density at radius 2 is 1.39 bits per heavy atom. The second-order valence-electron chi connectivity index (χ2n) is 3.16. The molecule has 0 saturated heterocycles. The van der Waals surface area contributed by atoms with Gasteiger partial charge in [-0.2, -0.15) is 0 Å². The maximum absolute atomic E-state index is 11.1. The smallest absolute Gasteiger partial charge is 0.387 e. The fourth-order valence-electron chi connectivity index (χ4n) is 0.853. The molecule has 0 bridgehead atoms. The van der Waals surface area contributed by atoms with Crippen LogP contribution < -0.4 is 0 Å². The summed E-state index contributed by atoms with van der Waals surface area (Å²) in [7, 11) is -10.8. The first kappa shape index (κ1) is 17.8. The molecule has 0 spiro atoms. The lowest BCUT2D eigenvalue weighted by atomic mass is 10.1. The van der Waals surface area contributed by atoms with Crippen LogP contribution in [0.2, 0.25) is 0 Å². The SMILES string of the molecule is O=C[C@H](O)[C@H](O)[C@H](O)C(O)P(=O)(O)OP(=O)(O)O. The van der Waals surface area contributed by atoms with E-state index in [1.807, 2.05) is 0 Å². The quantitative estimate of drug-likeness (QED) is 0.185. The van der Waals surface area contributed by atoms with E-state index in [2.05, 4.69) is 4.31 Å². The van der Waals surface area contributed by atoms with E-state index in [1.54, 1.807) is 0 Å². The molecule has 0 aromatic rings. The Balaban J connectivity index is 4.92. The Bertz CT molecular complexity index is 376. The fraction of sp³-hybridized carbons (Fsp3) is 0.800. The van der Waals surface area contributed by atoms with Crippen molar-refractivity contribution in [1.82, 2.24) is 0 Å². The molecule has 11 nitrogen and oxygen atoms in total. The zero-order chi connectivity index (χ0) is 14.7. The van der Waals surface area contributed by atoms with Crippen LogP contribution in [0.25, 0.3) is 0 Å². The van der Waals surface area contributed by atoms with E-state index in [0.29, 0.717) is 0 Å². The van der Waals surface area contributed by atoms with Gasteiger partial charge in [0.05, 0.1) is 0 Å². The number of hydrogen-bond donors (Lipinski definition) is 7. The molecule has 0 aromatic carbocycles. The van der Waals surface area contributed by atoms with Crippen LogP contribution in [0.1, 0.15) is 0 Å².